The van der Waals surface area contributed by atoms with Gasteiger partial charge in [-0.2, -0.15) is 0 Å². The Morgan fingerprint density at radius 1 is 1.35 bits per heavy atom. The summed E-state index contributed by atoms with van der Waals surface area (Å²) in [5.41, 5.74) is 7.56. The molecule has 0 spiro atoms. The Balaban J connectivity index is 2.12. The Hall–Kier alpha value is -1.73. The average Bonchev–Trinajstić information content (AvgIpc) is 2.80. The molecule has 1 amide bonds. The van der Waals surface area contributed by atoms with E-state index in [1.54, 1.807) is 0 Å². The summed E-state index contributed by atoms with van der Waals surface area (Å²) in [6.45, 7) is 0. The van der Waals surface area contributed by atoms with Crippen LogP contribution in [0.3, 0.4) is 0 Å². The lowest BCUT2D eigenvalue weighted by Crippen LogP contribution is -2.12. The second kappa shape index (κ2) is 6.15. The van der Waals surface area contributed by atoms with Crippen LogP contribution < -0.4 is 16.0 Å². The Morgan fingerprint density at radius 3 is 2.50 bits per heavy atom. The first-order chi connectivity index (χ1) is 9.51. The van der Waals surface area contributed by atoms with Crippen LogP contribution >= 0.6 is 23.1 Å². The van der Waals surface area contributed by atoms with Gasteiger partial charge in [0.05, 0.1) is 0 Å². The summed E-state index contributed by atoms with van der Waals surface area (Å²) >= 11 is 2.78. The molecule has 0 aliphatic rings. The number of anilines is 3. The lowest BCUT2D eigenvalue weighted by atomic mass is 10.2. The Morgan fingerprint density at radius 2 is 2.00 bits per heavy atom. The predicted molar refractivity (Wildman–Crippen MR) is 87.0 cm³/mol. The summed E-state index contributed by atoms with van der Waals surface area (Å²) in [7, 11) is 3.94. The quantitative estimate of drug-likeness (QED) is 0.850. The minimum Gasteiger partial charge on any atom is -0.382 e. The summed E-state index contributed by atoms with van der Waals surface area (Å²) in [4.78, 5) is 18.7. The van der Waals surface area contributed by atoms with E-state index in [-0.39, 0.29) is 11.7 Å². The van der Waals surface area contributed by atoms with Gasteiger partial charge in [0.15, 0.2) is 4.34 Å². The second-order valence-electron chi connectivity index (χ2n) is 4.29. The van der Waals surface area contributed by atoms with E-state index in [0.717, 1.165) is 15.7 Å². The molecule has 0 radical (unpaired) electrons. The fourth-order valence-corrected chi connectivity index (χ4v) is 2.98. The van der Waals surface area contributed by atoms with Crippen LogP contribution in [0, 0.1) is 0 Å². The van der Waals surface area contributed by atoms with E-state index in [2.05, 4.69) is 10.3 Å². The number of aromatic nitrogens is 1. The maximum atomic E-state index is 12.1. The monoisotopic (exact) mass is 308 g/mol. The number of carbonyl (C=O) groups is 1. The third kappa shape index (κ3) is 3.23. The number of amides is 1. The second-order valence-corrected chi connectivity index (χ2v) is 6.35. The summed E-state index contributed by atoms with van der Waals surface area (Å²) < 4.78 is 0.788. The Labute approximate surface area is 126 Å². The highest BCUT2D eigenvalue weighted by atomic mass is 32.2. The van der Waals surface area contributed by atoms with Crippen molar-refractivity contribution in [2.45, 2.75) is 4.34 Å². The number of nitrogens with one attached hydrogen (secondary N) is 1. The molecule has 0 aliphatic heterocycles. The number of rotatable bonds is 4. The molecule has 1 heterocycles. The molecule has 2 rings (SSSR count). The number of thiazole rings is 1. The van der Waals surface area contributed by atoms with Crippen LogP contribution in [0.15, 0.2) is 28.6 Å². The molecule has 0 saturated heterocycles. The molecular weight excluding hydrogens is 292 g/mol. The first-order valence-corrected chi connectivity index (χ1v) is 7.94. The van der Waals surface area contributed by atoms with E-state index >= 15 is 0 Å². The Bertz CT molecular complexity index is 607. The van der Waals surface area contributed by atoms with Gasteiger partial charge < -0.3 is 16.0 Å². The van der Waals surface area contributed by atoms with Crippen molar-refractivity contribution in [2.75, 3.05) is 36.3 Å². The molecule has 0 unspecified atom stereocenters. The minimum absolute atomic E-state index is 0.224. The van der Waals surface area contributed by atoms with Gasteiger partial charge in [-0.25, -0.2) is 4.98 Å². The molecule has 2 aromatic rings. The molecule has 5 nitrogen and oxygen atoms in total. The van der Waals surface area contributed by atoms with Gasteiger partial charge in [-0.3, -0.25) is 4.79 Å². The van der Waals surface area contributed by atoms with Gasteiger partial charge in [0, 0.05) is 25.5 Å². The molecule has 106 valence electrons. The number of carbonyl (C=O) groups excluding carboxylic acids is 1. The van der Waals surface area contributed by atoms with Crippen molar-refractivity contribution in [3.63, 3.8) is 0 Å². The third-order valence-corrected chi connectivity index (χ3v) is 4.71. The summed E-state index contributed by atoms with van der Waals surface area (Å²) in [6.07, 6.45) is 1.90. The first kappa shape index (κ1) is 14.7. The highest BCUT2D eigenvalue weighted by molar-refractivity contribution is 8.00. The molecule has 0 aliphatic carbocycles. The number of nitrogens with two attached hydrogens (primary N) is 1. The van der Waals surface area contributed by atoms with E-state index in [0.29, 0.717) is 4.88 Å². The zero-order valence-electron chi connectivity index (χ0n) is 11.5. The van der Waals surface area contributed by atoms with Crippen molar-refractivity contribution in [3.05, 3.63) is 29.1 Å². The molecule has 3 N–H and O–H groups in total. The SMILES string of the molecule is CSc1nc(N)c(C(=O)Nc2ccc(N(C)C)cc2)s1. The van der Waals surface area contributed by atoms with Crippen molar-refractivity contribution in [1.29, 1.82) is 0 Å². The normalized spacial score (nSPS) is 10.3. The average molecular weight is 308 g/mol. The van der Waals surface area contributed by atoms with Crippen LogP contribution in [0.5, 0.6) is 0 Å². The number of nitrogens with zero attached hydrogens (tertiary/aromatic N) is 2. The van der Waals surface area contributed by atoms with Gasteiger partial charge in [-0.05, 0) is 30.5 Å². The van der Waals surface area contributed by atoms with Crippen LogP contribution in [0.25, 0.3) is 0 Å². The molecule has 1 aromatic heterocycles. The number of benzene rings is 1. The van der Waals surface area contributed by atoms with Crippen LogP contribution in [-0.2, 0) is 0 Å². The summed E-state index contributed by atoms with van der Waals surface area (Å²) in [5, 5.41) is 2.83. The fraction of sp³-hybridized carbons (Fsp3) is 0.231. The zero-order chi connectivity index (χ0) is 14.7. The first-order valence-electron chi connectivity index (χ1n) is 5.90. The molecule has 0 bridgehead atoms. The largest absolute Gasteiger partial charge is 0.382 e. The maximum absolute atomic E-state index is 12.1. The maximum Gasteiger partial charge on any atom is 0.269 e. The lowest BCUT2D eigenvalue weighted by molar-refractivity contribution is 0.103. The van der Waals surface area contributed by atoms with Gasteiger partial charge in [0.1, 0.15) is 10.7 Å². The van der Waals surface area contributed by atoms with Crippen molar-refractivity contribution in [2.24, 2.45) is 0 Å². The topological polar surface area (TPSA) is 71.2 Å². The van der Waals surface area contributed by atoms with Gasteiger partial charge in [-0.15, -0.1) is 11.3 Å². The summed E-state index contributed by atoms with van der Waals surface area (Å²) in [5.74, 6) is 0.0552. The highest BCUT2D eigenvalue weighted by Crippen LogP contribution is 2.28. The van der Waals surface area contributed by atoms with Crippen molar-refractivity contribution in [1.82, 2.24) is 4.98 Å². The highest BCUT2D eigenvalue weighted by Gasteiger charge is 2.16. The molecule has 0 atom stereocenters. The number of thioether (sulfide) groups is 1. The van der Waals surface area contributed by atoms with E-state index in [4.69, 9.17) is 5.73 Å². The fourth-order valence-electron chi connectivity index (χ4n) is 1.59. The van der Waals surface area contributed by atoms with Crippen LogP contribution in [0.4, 0.5) is 17.2 Å². The molecule has 0 saturated carbocycles. The molecule has 20 heavy (non-hydrogen) atoms. The molecular formula is C13H16N4OS2. The standard InChI is InChI=1S/C13H16N4OS2/c1-17(2)9-6-4-8(5-7-9)15-12(18)10-11(14)16-13(19-3)20-10/h4-7H,14H2,1-3H3,(H,15,18). The third-order valence-electron chi connectivity index (χ3n) is 2.66. The molecule has 1 aromatic carbocycles. The number of hydrogen-bond donors (Lipinski definition) is 2. The van der Waals surface area contributed by atoms with E-state index in [9.17, 15) is 4.79 Å². The number of hydrogen-bond acceptors (Lipinski definition) is 6. The van der Waals surface area contributed by atoms with Gasteiger partial charge in [0.2, 0.25) is 0 Å². The van der Waals surface area contributed by atoms with Crippen molar-refractivity contribution < 1.29 is 4.79 Å². The van der Waals surface area contributed by atoms with Gasteiger partial charge >= 0.3 is 0 Å². The van der Waals surface area contributed by atoms with Crippen molar-refractivity contribution >= 4 is 46.2 Å². The van der Waals surface area contributed by atoms with Gasteiger partial charge in [0.25, 0.3) is 5.91 Å². The smallest absolute Gasteiger partial charge is 0.269 e. The van der Waals surface area contributed by atoms with Crippen LogP contribution in [-0.4, -0.2) is 31.2 Å². The molecule has 7 heteroatoms. The summed E-state index contributed by atoms with van der Waals surface area (Å²) in [6, 6.07) is 7.61. The van der Waals surface area contributed by atoms with Crippen molar-refractivity contribution in [3.8, 4) is 0 Å². The van der Waals surface area contributed by atoms with E-state index in [1.807, 2.05) is 49.5 Å². The van der Waals surface area contributed by atoms with Crippen LogP contribution in [0.1, 0.15) is 9.67 Å². The van der Waals surface area contributed by atoms with Crippen LogP contribution in [0.2, 0.25) is 0 Å². The lowest BCUT2D eigenvalue weighted by Gasteiger charge is -2.12. The predicted octanol–water partition coefficient (Wildman–Crippen LogP) is 2.77. The minimum atomic E-state index is -0.224. The zero-order valence-corrected chi connectivity index (χ0v) is 13.1. The van der Waals surface area contributed by atoms with Gasteiger partial charge in [-0.1, -0.05) is 11.8 Å². The van der Waals surface area contributed by atoms with E-state index in [1.165, 1.54) is 23.1 Å². The Kier molecular flexibility index (Phi) is 4.51. The molecule has 0 fully saturated rings. The number of nitrogen functional groups attached to an aromatic ring is 1. The van der Waals surface area contributed by atoms with E-state index < -0.39 is 0 Å².